The molecule has 0 aliphatic heterocycles. The first-order valence-corrected chi connectivity index (χ1v) is 10.6. The van der Waals surface area contributed by atoms with Gasteiger partial charge in [0.15, 0.2) is 0 Å². The van der Waals surface area contributed by atoms with Gasteiger partial charge in [0, 0.05) is 8.07 Å². The van der Waals surface area contributed by atoms with Crippen LogP contribution in [0.5, 0.6) is 0 Å². The van der Waals surface area contributed by atoms with Crippen molar-refractivity contribution in [1.29, 1.82) is 0 Å². The van der Waals surface area contributed by atoms with E-state index in [1.54, 1.807) is 27.8 Å². The number of benzene rings is 1. The van der Waals surface area contributed by atoms with Crippen LogP contribution in [0.1, 0.15) is 28.7 Å². The van der Waals surface area contributed by atoms with Gasteiger partial charge in [-0.3, -0.25) is 0 Å². The van der Waals surface area contributed by atoms with Crippen molar-refractivity contribution in [3.63, 3.8) is 0 Å². The molecule has 0 amide bonds. The van der Waals surface area contributed by atoms with E-state index in [0.29, 0.717) is 0 Å². The molecule has 0 saturated heterocycles. The summed E-state index contributed by atoms with van der Waals surface area (Å²) in [7, 11) is -0.985. The van der Waals surface area contributed by atoms with Gasteiger partial charge < -0.3 is 0 Å². The van der Waals surface area contributed by atoms with E-state index in [-0.39, 0.29) is 0 Å². The predicted molar refractivity (Wildman–Crippen MR) is 78.3 cm³/mol. The topological polar surface area (TPSA) is 0 Å². The number of hydrogen-bond donors (Lipinski definition) is 0. The third-order valence-electron chi connectivity index (χ3n) is 3.95. The van der Waals surface area contributed by atoms with E-state index in [1.807, 2.05) is 0 Å². The number of fused-ring (bicyclic) bond motifs is 2. The standard InChI is InChI=1S/C16H22Si/c1-17(2,3)11-15-8-7-14-9-12-5-4-6-13(12)10-16(14)15/h8-10H,4-7,11H2,1-3H3. The van der Waals surface area contributed by atoms with Crippen LogP contribution in [0.3, 0.4) is 0 Å². The second-order valence-corrected chi connectivity index (χ2v) is 12.3. The van der Waals surface area contributed by atoms with E-state index in [1.165, 1.54) is 31.7 Å². The number of allylic oxidation sites excluding steroid dienone is 2. The molecule has 0 unspecified atom stereocenters. The van der Waals surface area contributed by atoms with Gasteiger partial charge in [0.05, 0.1) is 0 Å². The molecule has 0 aromatic heterocycles. The lowest BCUT2D eigenvalue weighted by Crippen LogP contribution is -2.19. The molecule has 0 spiro atoms. The first-order valence-electron chi connectivity index (χ1n) is 6.87. The molecule has 2 aliphatic carbocycles. The number of aryl methyl sites for hydroxylation is 2. The summed E-state index contributed by atoms with van der Waals surface area (Å²) in [5.41, 5.74) is 8.10. The Kier molecular flexibility index (Phi) is 2.55. The van der Waals surface area contributed by atoms with E-state index in [0.717, 1.165) is 0 Å². The second-order valence-electron chi connectivity index (χ2n) is 6.80. The van der Waals surface area contributed by atoms with Gasteiger partial charge >= 0.3 is 0 Å². The van der Waals surface area contributed by atoms with Crippen molar-refractivity contribution in [3.8, 4) is 0 Å². The van der Waals surface area contributed by atoms with Crippen LogP contribution in [0, 0.1) is 0 Å². The van der Waals surface area contributed by atoms with Gasteiger partial charge in [0.1, 0.15) is 0 Å². The molecule has 3 rings (SSSR count). The van der Waals surface area contributed by atoms with Crippen LogP contribution in [0.2, 0.25) is 25.7 Å². The maximum absolute atomic E-state index is 2.51. The molecule has 1 aromatic carbocycles. The van der Waals surface area contributed by atoms with Crippen molar-refractivity contribution in [1.82, 2.24) is 0 Å². The summed E-state index contributed by atoms with van der Waals surface area (Å²) in [4.78, 5) is 0. The van der Waals surface area contributed by atoms with Gasteiger partial charge in [-0.2, -0.15) is 0 Å². The summed E-state index contributed by atoms with van der Waals surface area (Å²) in [6.45, 7) is 7.41. The SMILES string of the molecule is C[Si](C)(C)CC1=CCc2cc3c(cc21)CCC3. The molecule has 0 atom stereocenters. The highest BCUT2D eigenvalue weighted by Crippen LogP contribution is 2.37. The third kappa shape index (κ3) is 2.13. The van der Waals surface area contributed by atoms with E-state index in [4.69, 9.17) is 0 Å². The molecule has 0 heterocycles. The Morgan fingerprint density at radius 3 is 2.41 bits per heavy atom. The Morgan fingerprint density at radius 2 is 1.71 bits per heavy atom. The van der Waals surface area contributed by atoms with Crippen LogP contribution in [0.4, 0.5) is 0 Å². The Hall–Kier alpha value is -0.823. The van der Waals surface area contributed by atoms with Gasteiger partial charge in [-0.15, -0.1) is 0 Å². The molecule has 0 N–H and O–H groups in total. The average Bonchev–Trinajstić information content (AvgIpc) is 2.80. The monoisotopic (exact) mass is 242 g/mol. The zero-order chi connectivity index (χ0) is 12.0. The van der Waals surface area contributed by atoms with E-state index >= 15 is 0 Å². The van der Waals surface area contributed by atoms with Crippen molar-refractivity contribution >= 4 is 13.6 Å². The Balaban J connectivity index is 1.96. The lowest BCUT2D eigenvalue weighted by Gasteiger charge is -2.18. The first-order chi connectivity index (χ1) is 8.03. The second kappa shape index (κ2) is 3.84. The summed E-state index contributed by atoms with van der Waals surface area (Å²) in [6, 6.07) is 6.35. The van der Waals surface area contributed by atoms with Gasteiger partial charge in [-0.25, -0.2) is 0 Å². The Morgan fingerprint density at radius 1 is 1.00 bits per heavy atom. The molecule has 0 fully saturated rings. The molecule has 1 aromatic rings. The molecule has 90 valence electrons. The molecule has 0 saturated carbocycles. The smallest absolute Gasteiger partial charge is 0.0487 e. The Bertz CT molecular complexity index is 489. The van der Waals surface area contributed by atoms with E-state index in [9.17, 15) is 0 Å². The molecule has 2 aliphatic rings. The Labute approximate surface area is 106 Å². The van der Waals surface area contributed by atoms with Crippen LogP contribution in [-0.2, 0) is 19.3 Å². The maximum atomic E-state index is 2.51. The summed E-state index contributed by atoms with van der Waals surface area (Å²) in [6.07, 6.45) is 7.65. The fraction of sp³-hybridized carbons (Fsp3) is 0.500. The van der Waals surface area contributed by atoms with Crippen molar-refractivity contribution < 1.29 is 0 Å². The summed E-state index contributed by atoms with van der Waals surface area (Å²) in [5, 5.41) is 0. The predicted octanol–water partition coefficient (Wildman–Crippen LogP) is 4.45. The minimum Gasteiger partial charge on any atom is -0.0766 e. The molecular formula is C16H22Si. The van der Waals surface area contributed by atoms with Crippen LogP contribution in [0.25, 0.3) is 5.57 Å². The van der Waals surface area contributed by atoms with Crippen molar-refractivity contribution in [3.05, 3.63) is 40.5 Å². The van der Waals surface area contributed by atoms with Crippen LogP contribution in [0.15, 0.2) is 18.2 Å². The van der Waals surface area contributed by atoms with Crippen molar-refractivity contribution in [2.45, 2.75) is 51.4 Å². The van der Waals surface area contributed by atoms with E-state index in [2.05, 4.69) is 37.8 Å². The number of hydrogen-bond acceptors (Lipinski definition) is 0. The highest BCUT2D eigenvalue weighted by atomic mass is 28.3. The minimum atomic E-state index is -0.985. The van der Waals surface area contributed by atoms with Gasteiger partial charge in [-0.05, 0) is 59.6 Å². The van der Waals surface area contributed by atoms with Crippen molar-refractivity contribution in [2.75, 3.05) is 0 Å². The molecule has 0 radical (unpaired) electrons. The van der Waals surface area contributed by atoms with Crippen LogP contribution >= 0.6 is 0 Å². The summed E-state index contributed by atoms with van der Waals surface area (Å²) >= 11 is 0. The summed E-state index contributed by atoms with van der Waals surface area (Å²) < 4.78 is 0. The maximum Gasteiger partial charge on any atom is 0.0487 e. The normalized spacial score (nSPS) is 17.9. The lowest BCUT2D eigenvalue weighted by molar-refractivity contribution is 0.911. The fourth-order valence-electron chi connectivity index (χ4n) is 3.22. The van der Waals surface area contributed by atoms with Gasteiger partial charge in [0.25, 0.3) is 0 Å². The van der Waals surface area contributed by atoms with E-state index < -0.39 is 8.07 Å². The lowest BCUT2D eigenvalue weighted by atomic mass is 9.99. The van der Waals surface area contributed by atoms with Crippen LogP contribution < -0.4 is 0 Å². The molecule has 17 heavy (non-hydrogen) atoms. The molecular weight excluding hydrogens is 220 g/mol. The zero-order valence-corrected chi connectivity index (χ0v) is 12.3. The average molecular weight is 242 g/mol. The summed E-state index contributed by atoms with van der Waals surface area (Å²) in [5.74, 6) is 0. The molecule has 0 bridgehead atoms. The zero-order valence-electron chi connectivity index (χ0n) is 11.3. The fourth-order valence-corrected chi connectivity index (χ4v) is 4.70. The van der Waals surface area contributed by atoms with Gasteiger partial charge in [0.2, 0.25) is 0 Å². The van der Waals surface area contributed by atoms with Crippen LogP contribution in [-0.4, -0.2) is 8.07 Å². The van der Waals surface area contributed by atoms with Gasteiger partial charge in [-0.1, -0.05) is 37.8 Å². The molecule has 1 heteroatoms. The third-order valence-corrected chi connectivity index (χ3v) is 5.39. The highest BCUT2D eigenvalue weighted by molar-refractivity contribution is 6.77. The van der Waals surface area contributed by atoms with Crippen molar-refractivity contribution in [2.24, 2.45) is 0 Å². The molecule has 0 nitrogen and oxygen atoms in total. The quantitative estimate of drug-likeness (QED) is 0.672. The minimum absolute atomic E-state index is 0.985. The highest BCUT2D eigenvalue weighted by Gasteiger charge is 2.23. The largest absolute Gasteiger partial charge is 0.0766 e. The number of rotatable bonds is 2. The first kappa shape index (κ1) is 11.3.